The third-order valence-corrected chi connectivity index (χ3v) is 8.76. The van der Waals surface area contributed by atoms with Gasteiger partial charge in [-0.05, 0) is 41.6 Å². The lowest BCUT2D eigenvalue weighted by Crippen LogP contribution is -2.45. The summed E-state index contributed by atoms with van der Waals surface area (Å²) in [6, 6.07) is 20.6. The summed E-state index contributed by atoms with van der Waals surface area (Å²) >= 11 is 1.11. The fourth-order valence-corrected chi connectivity index (χ4v) is 6.12. The van der Waals surface area contributed by atoms with Crippen molar-refractivity contribution in [2.75, 3.05) is 31.5 Å². The van der Waals surface area contributed by atoms with Gasteiger partial charge in [-0.2, -0.15) is 4.72 Å². The molecular formula is C25H30N4O3S2. The third-order valence-electron chi connectivity index (χ3n) is 5.83. The van der Waals surface area contributed by atoms with Crippen LogP contribution in [0, 0.1) is 0 Å². The Morgan fingerprint density at radius 2 is 1.47 bits per heavy atom. The third kappa shape index (κ3) is 6.74. The van der Waals surface area contributed by atoms with Gasteiger partial charge in [-0.1, -0.05) is 48.5 Å². The maximum atomic E-state index is 12.5. The highest BCUT2D eigenvalue weighted by molar-refractivity contribution is 7.91. The number of anilines is 1. The number of benzene rings is 2. The molecule has 1 amide bonds. The number of rotatable bonds is 9. The number of nitrogens with zero attached hydrogens (tertiary/aromatic N) is 2. The zero-order valence-corrected chi connectivity index (χ0v) is 20.8. The van der Waals surface area contributed by atoms with Crippen molar-refractivity contribution in [1.82, 2.24) is 14.5 Å². The van der Waals surface area contributed by atoms with Gasteiger partial charge in [-0.3, -0.25) is 14.6 Å². The van der Waals surface area contributed by atoms with Crippen molar-refractivity contribution in [3.63, 3.8) is 0 Å². The van der Waals surface area contributed by atoms with E-state index in [1.807, 2.05) is 30.3 Å². The SMILES string of the molecule is CC(NS(=O)(=O)c1cccs1)C(=O)Nc1ccc(CN2CCN(Cc3ccccc3)CC2)cc1. The summed E-state index contributed by atoms with van der Waals surface area (Å²) in [4.78, 5) is 17.4. The second-order valence-electron chi connectivity index (χ2n) is 8.50. The molecule has 0 spiro atoms. The normalized spacial score (nSPS) is 16.3. The van der Waals surface area contributed by atoms with Gasteiger partial charge in [0.25, 0.3) is 10.0 Å². The van der Waals surface area contributed by atoms with Crippen LogP contribution in [-0.2, 0) is 27.9 Å². The molecule has 180 valence electrons. The number of carbonyl (C=O) groups is 1. The van der Waals surface area contributed by atoms with Crippen molar-refractivity contribution in [2.24, 2.45) is 0 Å². The Kier molecular flexibility index (Phi) is 8.12. The van der Waals surface area contributed by atoms with E-state index in [4.69, 9.17) is 0 Å². The Hall–Kier alpha value is -2.56. The molecule has 9 heteroatoms. The number of thiophene rings is 1. The lowest BCUT2D eigenvalue weighted by molar-refractivity contribution is -0.117. The van der Waals surface area contributed by atoms with Crippen LogP contribution < -0.4 is 10.0 Å². The Morgan fingerprint density at radius 1 is 0.882 bits per heavy atom. The standard InChI is InChI=1S/C25H30N4O3S2/c1-20(27-34(31,32)24-8-5-17-33-24)25(30)26-23-11-9-22(10-12-23)19-29-15-13-28(14-16-29)18-21-6-3-2-4-7-21/h2-12,17,20,27H,13-16,18-19H2,1H3,(H,26,30). The Balaban J connectivity index is 1.23. The van der Waals surface area contributed by atoms with E-state index in [1.165, 1.54) is 24.1 Å². The molecular weight excluding hydrogens is 468 g/mol. The van der Waals surface area contributed by atoms with Crippen molar-refractivity contribution in [3.8, 4) is 0 Å². The van der Waals surface area contributed by atoms with E-state index < -0.39 is 22.0 Å². The summed E-state index contributed by atoms with van der Waals surface area (Å²) in [7, 11) is -3.70. The molecule has 2 aromatic carbocycles. The Bertz CT molecular complexity index is 1160. The van der Waals surface area contributed by atoms with Gasteiger partial charge in [-0.15, -0.1) is 11.3 Å². The molecule has 2 heterocycles. The van der Waals surface area contributed by atoms with Crippen LogP contribution >= 0.6 is 11.3 Å². The number of amides is 1. The van der Waals surface area contributed by atoms with Crippen LogP contribution in [0.25, 0.3) is 0 Å². The van der Waals surface area contributed by atoms with Crippen LogP contribution in [0.3, 0.4) is 0 Å². The summed E-state index contributed by atoms with van der Waals surface area (Å²) in [6.45, 7) is 7.52. The highest BCUT2D eigenvalue weighted by Gasteiger charge is 2.23. The molecule has 4 rings (SSSR count). The van der Waals surface area contributed by atoms with Gasteiger partial charge in [0, 0.05) is 45.0 Å². The van der Waals surface area contributed by atoms with Crippen molar-refractivity contribution >= 4 is 33.0 Å². The molecule has 1 unspecified atom stereocenters. The van der Waals surface area contributed by atoms with Crippen LogP contribution in [0.2, 0.25) is 0 Å². The lowest BCUT2D eigenvalue weighted by atomic mass is 10.1. The summed E-state index contributed by atoms with van der Waals surface area (Å²) in [5.41, 5.74) is 3.17. The van der Waals surface area contributed by atoms with Crippen LogP contribution in [0.5, 0.6) is 0 Å². The molecule has 1 aliphatic rings. The topological polar surface area (TPSA) is 81.7 Å². The van der Waals surface area contributed by atoms with Crippen molar-refractivity contribution in [1.29, 1.82) is 0 Å². The number of carbonyl (C=O) groups excluding carboxylic acids is 1. The molecule has 1 atom stereocenters. The second kappa shape index (κ2) is 11.2. The van der Waals surface area contributed by atoms with Gasteiger partial charge < -0.3 is 5.32 Å². The highest BCUT2D eigenvalue weighted by atomic mass is 32.2. The fourth-order valence-electron chi connectivity index (χ4n) is 3.91. The molecule has 0 bridgehead atoms. The van der Waals surface area contributed by atoms with Crippen LogP contribution in [0.1, 0.15) is 18.1 Å². The minimum Gasteiger partial charge on any atom is -0.325 e. The van der Waals surface area contributed by atoms with E-state index in [-0.39, 0.29) is 4.21 Å². The predicted octanol–water partition coefficient (Wildman–Crippen LogP) is 3.37. The largest absolute Gasteiger partial charge is 0.325 e. The van der Waals surface area contributed by atoms with Gasteiger partial charge in [0.1, 0.15) is 4.21 Å². The maximum absolute atomic E-state index is 12.5. The van der Waals surface area contributed by atoms with Gasteiger partial charge in [-0.25, -0.2) is 8.42 Å². The summed E-state index contributed by atoms with van der Waals surface area (Å²) < 4.78 is 27.3. The number of hydrogen-bond donors (Lipinski definition) is 2. The Morgan fingerprint density at radius 3 is 2.03 bits per heavy atom. The number of piperazine rings is 1. The van der Waals surface area contributed by atoms with Crippen molar-refractivity contribution in [3.05, 3.63) is 83.2 Å². The quantitative estimate of drug-likeness (QED) is 0.473. The molecule has 1 aliphatic heterocycles. The van der Waals surface area contributed by atoms with Crippen LogP contribution in [-0.4, -0.2) is 56.3 Å². The van der Waals surface area contributed by atoms with Gasteiger partial charge in [0.15, 0.2) is 0 Å². The molecule has 1 saturated heterocycles. The zero-order valence-electron chi connectivity index (χ0n) is 19.2. The summed E-state index contributed by atoms with van der Waals surface area (Å²) in [5.74, 6) is -0.401. The molecule has 0 radical (unpaired) electrons. The molecule has 0 saturated carbocycles. The van der Waals surface area contributed by atoms with Crippen LogP contribution in [0.4, 0.5) is 5.69 Å². The minimum absolute atomic E-state index is 0.192. The molecule has 1 aromatic heterocycles. The number of sulfonamides is 1. The molecule has 2 N–H and O–H groups in total. The minimum atomic E-state index is -3.70. The number of nitrogens with one attached hydrogen (secondary N) is 2. The van der Waals surface area contributed by atoms with Crippen LogP contribution in [0.15, 0.2) is 76.3 Å². The highest BCUT2D eigenvalue weighted by Crippen LogP contribution is 2.17. The van der Waals surface area contributed by atoms with E-state index in [9.17, 15) is 13.2 Å². The first-order valence-electron chi connectivity index (χ1n) is 11.3. The molecule has 7 nitrogen and oxygen atoms in total. The first kappa shape index (κ1) is 24.6. The fraction of sp³-hybridized carbons (Fsp3) is 0.320. The second-order valence-corrected chi connectivity index (χ2v) is 11.4. The molecule has 1 fully saturated rings. The van der Waals surface area contributed by atoms with E-state index in [2.05, 4.69) is 44.1 Å². The van der Waals surface area contributed by atoms with Gasteiger partial charge in [0.2, 0.25) is 5.91 Å². The first-order chi connectivity index (χ1) is 16.4. The van der Waals surface area contributed by atoms with E-state index in [1.54, 1.807) is 11.4 Å². The average Bonchev–Trinajstić information content (AvgIpc) is 3.38. The maximum Gasteiger partial charge on any atom is 0.250 e. The molecule has 3 aromatic rings. The number of hydrogen-bond acceptors (Lipinski definition) is 6. The average molecular weight is 499 g/mol. The molecule has 0 aliphatic carbocycles. The first-order valence-corrected chi connectivity index (χ1v) is 13.7. The summed E-state index contributed by atoms with van der Waals surface area (Å²) in [5, 5.41) is 4.47. The monoisotopic (exact) mass is 498 g/mol. The zero-order chi connectivity index (χ0) is 24.0. The van der Waals surface area contributed by atoms with Gasteiger partial charge in [0.05, 0.1) is 6.04 Å². The molecule has 34 heavy (non-hydrogen) atoms. The van der Waals surface area contributed by atoms with Gasteiger partial charge >= 0.3 is 0 Å². The smallest absolute Gasteiger partial charge is 0.250 e. The van der Waals surface area contributed by atoms with E-state index in [0.29, 0.717) is 5.69 Å². The van der Waals surface area contributed by atoms with E-state index >= 15 is 0 Å². The Labute approximate surface area is 205 Å². The van der Waals surface area contributed by atoms with Crippen molar-refractivity contribution in [2.45, 2.75) is 30.3 Å². The predicted molar refractivity (Wildman–Crippen MR) is 136 cm³/mol. The summed E-state index contributed by atoms with van der Waals surface area (Å²) in [6.07, 6.45) is 0. The van der Waals surface area contributed by atoms with E-state index in [0.717, 1.165) is 50.6 Å². The van der Waals surface area contributed by atoms with Crippen molar-refractivity contribution < 1.29 is 13.2 Å². The lowest BCUT2D eigenvalue weighted by Gasteiger charge is -2.34.